The fourth-order valence-electron chi connectivity index (χ4n) is 3.03. The summed E-state index contributed by atoms with van der Waals surface area (Å²) in [5, 5.41) is 9.38. The van der Waals surface area contributed by atoms with E-state index < -0.39 is 0 Å². The number of rotatable bonds is 7. The molecule has 0 aliphatic heterocycles. The SMILES string of the molecule is CCNC(=NCc1ccccc1OC)NCC(=O)NC1CCCCC1. The van der Waals surface area contributed by atoms with Crippen LogP contribution in [0.4, 0.5) is 0 Å². The van der Waals surface area contributed by atoms with Gasteiger partial charge >= 0.3 is 0 Å². The van der Waals surface area contributed by atoms with Gasteiger partial charge in [-0.15, -0.1) is 0 Å². The molecule has 0 atom stereocenters. The molecule has 1 amide bonds. The van der Waals surface area contributed by atoms with E-state index in [0.717, 1.165) is 30.7 Å². The van der Waals surface area contributed by atoms with Crippen LogP contribution in [0.3, 0.4) is 0 Å². The highest BCUT2D eigenvalue weighted by molar-refractivity contribution is 5.86. The third-order valence-corrected chi connectivity index (χ3v) is 4.33. The average molecular weight is 346 g/mol. The van der Waals surface area contributed by atoms with Crippen LogP contribution in [0.1, 0.15) is 44.6 Å². The van der Waals surface area contributed by atoms with Crippen LogP contribution in [0.25, 0.3) is 0 Å². The van der Waals surface area contributed by atoms with Crippen molar-refractivity contribution in [1.29, 1.82) is 0 Å². The number of carbonyl (C=O) groups excluding carboxylic acids is 1. The molecular formula is C19H30N4O2. The van der Waals surface area contributed by atoms with Crippen LogP contribution in [0, 0.1) is 0 Å². The van der Waals surface area contributed by atoms with Gasteiger partial charge in [0.05, 0.1) is 20.2 Å². The first-order valence-corrected chi connectivity index (χ1v) is 9.16. The van der Waals surface area contributed by atoms with Gasteiger partial charge in [-0.1, -0.05) is 37.5 Å². The van der Waals surface area contributed by atoms with Gasteiger partial charge in [0.1, 0.15) is 5.75 Å². The number of methoxy groups -OCH3 is 1. The van der Waals surface area contributed by atoms with Crippen molar-refractivity contribution >= 4 is 11.9 Å². The van der Waals surface area contributed by atoms with E-state index in [1.807, 2.05) is 31.2 Å². The van der Waals surface area contributed by atoms with Crippen molar-refractivity contribution in [3.63, 3.8) is 0 Å². The Kier molecular flexibility index (Phi) is 8.09. The van der Waals surface area contributed by atoms with Gasteiger partial charge in [-0.2, -0.15) is 0 Å². The number of hydrogen-bond donors (Lipinski definition) is 3. The smallest absolute Gasteiger partial charge is 0.239 e. The lowest BCUT2D eigenvalue weighted by Crippen LogP contribution is -2.46. The van der Waals surface area contributed by atoms with E-state index >= 15 is 0 Å². The van der Waals surface area contributed by atoms with E-state index in [1.165, 1.54) is 19.3 Å². The molecule has 1 aliphatic carbocycles. The van der Waals surface area contributed by atoms with Gasteiger partial charge in [0, 0.05) is 18.2 Å². The maximum atomic E-state index is 12.1. The van der Waals surface area contributed by atoms with E-state index in [4.69, 9.17) is 4.74 Å². The van der Waals surface area contributed by atoms with Crippen LogP contribution >= 0.6 is 0 Å². The normalized spacial score (nSPS) is 15.5. The molecule has 3 N–H and O–H groups in total. The van der Waals surface area contributed by atoms with E-state index in [-0.39, 0.29) is 12.5 Å². The third-order valence-electron chi connectivity index (χ3n) is 4.33. The van der Waals surface area contributed by atoms with E-state index in [1.54, 1.807) is 7.11 Å². The van der Waals surface area contributed by atoms with Gasteiger partial charge in [0.15, 0.2) is 5.96 Å². The highest BCUT2D eigenvalue weighted by atomic mass is 16.5. The van der Waals surface area contributed by atoms with Gasteiger partial charge in [-0.3, -0.25) is 4.79 Å². The average Bonchev–Trinajstić information content (AvgIpc) is 2.65. The molecule has 6 heteroatoms. The minimum atomic E-state index is 0.0230. The predicted octanol–water partition coefficient (Wildman–Crippen LogP) is 2.20. The summed E-state index contributed by atoms with van der Waals surface area (Å²) in [6.07, 6.45) is 5.88. The number of para-hydroxylation sites is 1. The minimum absolute atomic E-state index is 0.0230. The molecule has 0 spiro atoms. The monoisotopic (exact) mass is 346 g/mol. The Morgan fingerprint density at radius 3 is 2.68 bits per heavy atom. The molecule has 1 fully saturated rings. The van der Waals surface area contributed by atoms with Crippen molar-refractivity contribution in [3.8, 4) is 5.75 Å². The van der Waals surface area contributed by atoms with Gasteiger partial charge < -0.3 is 20.7 Å². The lowest BCUT2D eigenvalue weighted by Gasteiger charge is -2.23. The molecular weight excluding hydrogens is 316 g/mol. The molecule has 0 aromatic heterocycles. The summed E-state index contributed by atoms with van der Waals surface area (Å²) < 4.78 is 5.35. The Morgan fingerprint density at radius 1 is 1.20 bits per heavy atom. The molecule has 1 aliphatic rings. The summed E-state index contributed by atoms with van der Waals surface area (Å²) in [6.45, 7) is 3.46. The summed E-state index contributed by atoms with van der Waals surface area (Å²) in [4.78, 5) is 16.7. The van der Waals surface area contributed by atoms with Gasteiger partial charge in [0.2, 0.25) is 5.91 Å². The van der Waals surface area contributed by atoms with Crippen LogP contribution in [0.2, 0.25) is 0 Å². The Labute approximate surface area is 150 Å². The number of nitrogens with zero attached hydrogens (tertiary/aromatic N) is 1. The largest absolute Gasteiger partial charge is 0.496 e. The molecule has 1 aromatic carbocycles. The molecule has 1 saturated carbocycles. The zero-order chi connectivity index (χ0) is 17.9. The lowest BCUT2D eigenvalue weighted by molar-refractivity contribution is -0.120. The van der Waals surface area contributed by atoms with Gasteiger partial charge in [0.25, 0.3) is 0 Å². The Balaban J connectivity index is 1.85. The summed E-state index contributed by atoms with van der Waals surface area (Å²) in [7, 11) is 1.65. The molecule has 25 heavy (non-hydrogen) atoms. The molecule has 138 valence electrons. The summed E-state index contributed by atoms with van der Waals surface area (Å²) >= 11 is 0. The van der Waals surface area contributed by atoms with E-state index in [2.05, 4.69) is 20.9 Å². The first-order chi connectivity index (χ1) is 12.2. The maximum absolute atomic E-state index is 12.1. The Morgan fingerprint density at radius 2 is 1.96 bits per heavy atom. The number of aliphatic imine (C=N–C) groups is 1. The number of carbonyl (C=O) groups is 1. The summed E-state index contributed by atoms with van der Waals surface area (Å²) in [5.41, 5.74) is 1.01. The van der Waals surface area contributed by atoms with E-state index in [0.29, 0.717) is 18.5 Å². The molecule has 0 radical (unpaired) electrons. The van der Waals surface area contributed by atoms with Crippen molar-refractivity contribution in [2.45, 2.75) is 51.6 Å². The number of guanidine groups is 1. The van der Waals surface area contributed by atoms with Crippen molar-refractivity contribution in [2.75, 3.05) is 20.2 Å². The molecule has 0 bridgehead atoms. The Hall–Kier alpha value is -2.24. The fourth-order valence-corrected chi connectivity index (χ4v) is 3.03. The zero-order valence-electron chi connectivity index (χ0n) is 15.3. The van der Waals surface area contributed by atoms with Crippen molar-refractivity contribution < 1.29 is 9.53 Å². The highest BCUT2D eigenvalue weighted by Crippen LogP contribution is 2.18. The molecule has 0 unspecified atom stereocenters. The maximum Gasteiger partial charge on any atom is 0.239 e. The third kappa shape index (κ3) is 6.64. The number of benzene rings is 1. The van der Waals surface area contributed by atoms with Crippen molar-refractivity contribution in [2.24, 2.45) is 4.99 Å². The molecule has 6 nitrogen and oxygen atoms in total. The minimum Gasteiger partial charge on any atom is -0.496 e. The molecule has 0 heterocycles. The van der Waals surface area contributed by atoms with Crippen LogP contribution in [0.5, 0.6) is 5.75 Å². The van der Waals surface area contributed by atoms with Crippen molar-refractivity contribution in [3.05, 3.63) is 29.8 Å². The fraction of sp³-hybridized carbons (Fsp3) is 0.579. The standard InChI is InChI=1S/C19H30N4O2/c1-3-20-19(21-13-15-9-7-8-12-17(15)25-2)22-14-18(24)23-16-10-5-4-6-11-16/h7-9,12,16H,3-6,10-11,13-14H2,1-2H3,(H,23,24)(H2,20,21,22). The van der Waals surface area contributed by atoms with Gasteiger partial charge in [-0.25, -0.2) is 4.99 Å². The van der Waals surface area contributed by atoms with Crippen molar-refractivity contribution in [1.82, 2.24) is 16.0 Å². The number of hydrogen-bond acceptors (Lipinski definition) is 3. The quantitative estimate of drug-likeness (QED) is 0.523. The second-order valence-corrected chi connectivity index (χ2v) is 6.26. The lowest BCUT2D eigenvalue weighted by atomic mass is 9.95. The van der Waals surface area contributed by atoms with Crippen LogP contribution in [-0.2, 0) is 11.3 Å². The summed E-state index contributed by atoms with van der Waals surface area (Å²) in [6, 6.07) is 8.14. The van der Waals surface area contributed by atoms with Crippen LogP contribution in [-0.4, -0.2) is 38.1 Å². The first-order valence-electron chi connectivity index (χ1n) is 9.16. The second kappa shape index (κ2) is 10.6. The van der Waals surface area contributed by atoms with E-state index in [9.17, 15) is 4.79 Å². The van der Waals surface area contributed by atoms with Gasteiger partial charge in [-0.05, 0) is 25.8 Å². The highest BCUT2D eigenvalue weighted by Gasteiger charge is 2.15. The predicted molar refractivity (Wildman–Crippen MR) is 101 cm³/mol. The number of amides is 1. The zero-order valence-corrected chi connectivity index (χ0v) is 15.3. The topological polar surface area (TPSA) is 74.8 Å². The molecule has 1 aromatic rings. The second-order valence-electron chi connectivity index (χ2n) is 6.26. The number of nitrogens with one attached hydrogen (secondary N) is 3. The number of ether oxygens (including phenoxy) is 1. The van der Waals surface area contributed by atoms with Crippen LogP contribution in [0.15, 0.2) is 29.3 Å². The molecule has 2 rings (SSSR count). The molecule has 0 saturated heterocycles. The summed E-state index contributed by atoms with van der Waals surface area (Å²) in [5.74, 6) is 1.47. The van der Waals surface area contributed by atoms with Crippen LogP contribution < -0.4 is 20.7 Å². The Bertz CT molecular complexity index is 568. The first kappa shape index (κ1) is 19.1.